The van der Waals surface area contributed by atoms with Crippen LogP contribution >= 0.6 is 0 Å². The summed E-state index contributed by atoms with van der Waals surface area (Å²) in [6, 6.07) is 18.5. The number of hydrogen-bond acceptors (Lipinski definition) is 5. The minimum atomic E-state index is -0.187. The Hall–Kier alpha value is -3.74. The third-order valence-electron chi connectivity index (χ3n) is 4.68. The van der Waals surface area contributed by atoms with Crippen molar-refractivity contribution in [1.82, 2.24) is 20.4 Å². The summed E-state index contributed by atoms with van der Waals surface area (Å²) >= 11 is 0. The maximum Gasteiger partial charge on any atom is 0.255 e. The topological polar surface area (TPSA) is 92.8 Å². The van der Waals surface area contributed by atoms with Crippen molar-refractivity contribution in [1.29, 1.82) is 0 Å². The van der Waals surface area contributed by atoms with Crippen molar-refractivity contribution in [2.75, 3.05) is 11.9 Å². The van der Waals surface area contributed by atoms with Gasteiger partial charge in [-0.1, -0.05) is 26.0 Å². The lowest BCUT2D eigenvalue weighted by Crippen LogP contribution is -2.12. The third kappa shape index (κ3) is 4.63. The van der Waals surface area contributed by atoms with Crippen molar-refractivity contribution in [2.45, 2.75) is 20.3 Å². The first-order chi connectivity index (χ1) is 14.6. The van der Waals surface area contributed by atoms with E-state index < -0.39 is 0 Å². The molecule has 0 atom stereocenters. The van der Waals surface area contributed by atoms with Crippen molar-refractivity contribution in [3.8, 4) is 17.0 Å². The van der Waals surface area contributed by atoms with Crippen LogP contribution in [0.2, 0.25) is 0 Å². The van der Waals surface area contributed by atoms with Gasteiger partial charge in [-0.15, -0.1) is 5.10 Å². The van der Waals surface area contributed by atoms with E-state index in [-0.39, 0.29) is 5.91 Å². The minimum absolute atomic E-state index is 0.187. The quantitative estimate of drug-likeness (QED) is 0.468. The molecule has 0 aliphatic heterocycles. The summed E-state index contributed by atoms with van der Waals surface area (Å²) in [5.41, 5.74) is 4.06. The Labute approximate surface area is 174 Å². The number of hydrogen-bond donors (Lipinski definition) is 2. The molecular weight excluding hydrogens is 378 g/mol. The number of ether oxygens (including phenoxy) is 1. The highest BCUT2D eigenvalue weighted by molar-refractivity contribution is 6.05. The van der Waals surface area contributed by atoms with E-state index in [4.69, 9.17) is 4.74 Å². The smallest absolute Gasteiger partial charge is 0.255 e. The van der Waals surface area contributed by atoms with Crippen molar-refractivity contribution < 1.29 is 9.53 Å². The van der Waals surface area contributed by atoms with E-state index in [0.29, 0.717) is 34.9 Å². The fourth-order valence-electron chi connectivity index (χ4n) is 2.97. The number of carbonyl (C=O) groups excluding carboxylic acids is 1. The Balaban J connectivity index is 1.44. The van der Waals surface area contributed by atoms with Crippen LogP contribution in [0.4, 0.5) is 5.69 Å². The van der Waals surface area contributed by atoms with Crippen LogP contribution in [-0.2, 0) is 0 Å². The predicted octanol–water partition coefficient (Wildman–Crippen LogP) is 4.70. The van der Waals surface area contributed by atoms with E-state index in [0.717, 1.165) is 23.4 Å². The molecule has 0 radical (unpaired) electrons. The highest BCUT2D eigenvalue weighted by atomic mass is 16.5. The molecule has 7 heteroatoms. The van der Waals surface area contributed by atoms with Crippen LogP contribution in [0.5, 0.6) is 5.75 Å². The summed E-state index contributed by atoms with van der Waals surface area (Å²) in [5, 5.41) is 13.5. The third-order valence-corrected chi connectivity index (χ3v) is 4.68. The number of amides is 1. The summed E-state index contributed by atoms with van der Waals surface area (Å²) in [6.07, 6.45) is 1.01. The number of nitrogens with one attached hydrogen (secondary N) is 2. The molecule has 2 N–H and O–H groups in total. The maximum absolute atomic E-state index is 12.7. The van der Waals surface area contributed by atoms with E-state index in [1.165, 1.54) is 0 Å². The second-order valence-electron chi connectivity index (χ2n) is 7.45. The molecule has 7 nitrogen and oxygen atoms in total. The van der Waals surface area contributed by atoms with Crippen LogP contribution < -0.4 is 10.1 Å². The molecule has 0 spiro atoms. The molecule has 4 rings (SSSR count). The molecule has 1 amide bonds. The Bertz CT molecular complexity index is 1150. The van der Waals surface area contributed by atoms with Crippen molar-refractivity contribution in [3.63, 3.8) is 0 Å². The van der Waals surface area contributed by atoms with Crippen molar-refractivity contribution >= 4 is 22.8 Å². The molecule has 0 saturated carbocycles. The molecule has 0 saturated heterocycles. The van der Waals surface area contributed by atoms with Gasteiger partial charge in [0.1, 0.15) is 11.3 Å². The van der Waals surface area contributed by atoms with Gasteiger partial charge in [-0.3, -0.25) is 4.79 Å². The van der Waals surface area contributed by atoms with Crippen LogP contribution in [0.15, 0.2) is 60.7 Å². The molecule has 0 bridgehead atoms. The van der Waals surface area contributed by atoms with Crippen LogP contribution in [-0.4, -0.2) is 32.9 Å². The molecular formula is C23H23N5O2. The Morgan fingerprint density at radius 2 is 1.90 bits per heavy atom. The SMILES string of the molecule is CC(C)CCOc1ccc(NC(=O)c2cccc(-c3ccc4n[nH]nc4n3)c2)cc1. The summed E-state index contributed by atoms with van der Waals surface area (Å²) in [4.78, 5) is 17.2. The molecule has 0 unspecified atom stereocenters. The lowest BCUT2D eigenvalue weighted by Gasteiger charge is -2.10. The number of H-pyrrole nitrogens is 1. The van der Waals surface area contributed by atoms with E-state index in [1.807, 2.05) is 54.6 Å². The molecule has 2 heterocycles. The lowest BCUT2D eigenvalue weighted by molar-refractivity contribution is 0.102. The number of carbonyl (C=O) groups is 1. The number of fused-ring (bicyclic) bond motifs is 1. The van der Waals surface area contributed by atoms with Crippen LogP contribution in [0.25, 0.3) is 22.4 Å². The van der Waals surface area contributed by atoms with Gasteiger partial charge in [-0.05, 0) is 60.9 Å². The zero-order valence-corrected chi connectivity index (χ0v) is 16.9. The first-order valence-corrected chi connectivity index (χ1v) is 9.90. The number of anilines is 1. The molecule has 0 fully saturated rings. The normalized spacial score (nSPS) is 11.0. The van der Waals surface area contributed by atoms with Crippen molar-refractivity contribution in [3.05, 3.63) is 66.2 Å². The van der Waals surface area contributed by atoms with Gasteiger partial charge in [0.05, 0.1) is 12.3 Å². The summed E-state index contributed by atoms with van der Waals surface area (Å²) < 4.78 is 5.72. The van der Waals surface area contributed by atoms with Crippen molar-refractivity contribution in [2.24, 2.45) is 5.92 Å². The summed E-state index contributed by atoms with van der Waals surface area (Å²) in [6.45, 7) is 5.02. The molecule has 4 aromatic rings. The Morgan fingerprint density at radius 3 is 2.70 bits per heavy atom. The number of pyridine rings is 1. The lowest BCUT2D eigenvalue weighted by atomic mass is 10.1. The first kappa shape index (κ1) is 19.6. The highest BCUT2D eigenvalue weighted by Gasteiger charge is 2.10. The highest BCUT2D eigenvalue weighted by Crippen LogP contribution is 2.22. The van der Waals surface area contributed by atoms with Gasteiger partial charge < -0.3 is 10.1 Å². The minimum Gasteiger partial charge on any atom is -0.494 e. The average Bonchev–Trinajstić information content (AvgIpc) is 3.23. The Kier molecular flexibility index (Phi) is 5.70. The summed E-state index contributed by atoms with van der Waals surface area (Å²) in [5.74, 6) is 1.21. The van der Waals surface area contributed by atoms with E-state index in [9.17, 15) is 4.79 Å². The van der Waals surface area contributed by atoms with Gasteiger partial charge in [0.15, 0.2) is 0 Å². The monoisotopic (exact) mass is 401 g/mol. The van der Waals surface area contributed by atoms with E-state index >= 15 is 0 Å². The summed E-state index contributed by atoms with van der Waals surface area (Å²) in [7, 11) is 0. The average molecular weight is 401 g/mol. The second-order valence-corrected chi connectivity index (χ2v) is 7.45. The number of aromatic nitrogens is 4. The van der Waals surface area contributed by atoms with E-state index in [1.54, 1.807) is 6.07 Å². The van der Waals surface area contributed by atoms with Gasteiger partial charge >= 0.3 is 0 Å². The van der Waals surface area contributed by atoms with Gasteiger partial charge in [0, 0.05) is 16.8 Å². The number of benzene rings is 2. The largest absolute Gasteiger partial charge is 0.494 e. The fourth-order valence-corrected chi connectivity index (χ4v) is 2.97. The predicted molar refractivity (Wildman–Crippen MR) is 116 cm³/mol. The maximum atomic E-state index is 12.7. The van der Waals surface area contributed by atoms with Gasteiger partial charge in [-0.25, -0.2) is 4.98 Å². The standard InChI is InChI=1S/C23H23N5O2/c1-15(2)12-13-30-19-8-6-18(7-9-19)24-23(29)17-5-3-4-16(14-17)20-10-11-21-22(25-20)27-28-26-21/h3-11,14-15H,12-13H2,1-2H3,(H,24,29)(H,25,26,27,28). The van der Waals surface area contributed by atoms with Crippen LogP contribution in [0, 0.1) is 5.92 Å². The first-order valence-electron chi connectivity index (χ1n) is 9.90. The second kappa shape index (κ2) is 8.73. The molecule has 0 aliphatic carbocycles. The van der Waals surface area contributed by atoms with Gasteiger partial charge in [0.25, 0.3) is 5.91 Å². The Morgan fingerprint density at radius 1 is 1.07 bits per heavy atom. The number of nitrogens with zero attached hydrogens (tertiary/aromatic N) is 3. The molecule has 2 aromatic heterocycles. The molecule has 152 valence electrons. The van der Waals surface area contributed by atoms with Gasteiger partial charge in [-0.2, -0.15) is 10.3 Å². The van der Waals surface area contributed by atoms with Gasteiger partial charge in [0.2, 0.25) is 5.65 Å². The number of rotatable bonds is 7. The number of aromatic amines is 1. The molecule has 2 aromatic carbocycles. The molecule has 30 heavy (non-hydrogen) atoms. The van der Waals surface area contributed by atoms with E-state index in [2.05, 4.69) is 39.6 Å². The van der Waals surface area contributed by atoms with Crippen LogP contribution in [0.3, 0.4) is 0 Å². The fraction of sp³-hybridized carbons (Fsp3) is 0.217. The van der Waals surface area contributed by atoms with Crippen LogP contribution in [0.1, 0.15) is 30.6 Å². The zero-order chi connectivity index (χ0) is 20.9. The zero-order valence-electron chi connectivity index (χ0n) is 16.9. The molecule has 0 aliphatic rings.